The van der Waals surface area contributed by atoms with Gasteiger partial charge in [-0.15, -0.1) is 34.9 Å². The Hall–Kier alpha value is -3.17. The highest BCUT2D eigenvalue weighted by Crippen LogP contribution is 2.41. The number of pyridine rings is 1. The Morgan fingerprint density at radius 3 is 2.83 bits per heavy atom. The number of thioether (sulfide) groups is 2. The number of nitrogens with zero attached hydrogens (tertiary/aromatic N) is 4. The number of rotatable bonds is 9. The van der Waals surface area contributed by atoms with Crippen molar-refractivity contribution in [3.63, 3.8) is 0 Å². The van der Waals surface area contributed by atoms with Gasteiger partial charge in [-0.3, -0.25) is 14.5 Å². The maximum atomic E-state index is 12.9. The van der Waals surface area contributed by atoms with Crippen LogP contribution in [0.4, 0.5) is 9.52 Å². The maximum absolute atomic E-state index is 12.9. The van der Waals surface area contributed by atoms with Gasteiger partial charge in [-0.25, -0.2) is 18.7 Å². The predicted molar refractivity (Wildman–Crippen MR) is 128 cm³/mol. The third kappa shape index (κ3) is 5.26. The number of nitrogen functional groups attached to an aromatic ring is 1. The number of nitrogens with one attached hydrogen (secondary N) is 1. The Bertz CT molecular complexity index is 1220. The standard InChI is InChI=1S/C20H19FN6O5S3/c1-26-4-2-10(3-5-26)33-8-13-16(19(30)31)27-12(7-34-13)15(18(27)29)24-17(28)14(25-32-9-21)11-6-35-20(22)23-11/h2-6,12,15H,7-9H2,1H3,(H3-,22,23,24,28,30,31)/p+1/b25-14-/t12-,15+/m1/s1. The van der Waals surface area contributed by atoms with Gasteiger partial charge in [0, 0.05) is 38.8 Å². The van der Waals surface area contributed by atoms with Crippen molar-refractivity contribution < 1.29 is 33.3 Å². The monoisotopic (exact) mass is 539 g/mol. The molecule has 0 aromatic carbocycles. The summed E-state index contributed by atoms with van der Waals surface area (Å²) in [6, 6.07) is 2.31. The SMILES string of the molecule is C[n+]1ccc(SCC2=C(C(=O)O)N3C(=O)[C@@H](NC(=O)/C(=N\OCF)c4csc(N)n4)[C@H]3CS2)cc1. The Kier molecular flexibility index (Phi) is 7.57. The molecular formula is C20H20FN6O5S3+. The number of carboxylic acid groups (broad SMARTS) is 1. The van der Waals surface area contributed by atoms with Crippen LogP contribution in [0.15, 0.2) is 50.6 Å². The van der Waals surface area contributed by atoms with Crippen LogP contribution in [-0.2, 0) is 26.3 Å². The normalized spacial score (nSPS) is 19.8. The Morgan fingerprint density at radius 2 is 2.20 bits per heavy atom. The summed E-state index contributed by atoms with van der Waals surface area (Å²) in [5.74, 6) is -1.81. The number of hydrogen-bond donors (Lipinski definition) is 3. The lowest BCUT2D eigenvalue weighted by atomic mass is 9.94. The van der Waals surface area contributed by atoms with Crippen LogP contribution >= 0.6 is 34.9 Å². The number of oxime groups is 1. The van der Waals surface area contributed by atoms with Crippen molar-refractivity contribution in [2.45, 2.75) is 17.0 Å². The van der Waals surface area contributed by atoms with Gasteiger partial charge in [-0.2, -0.15) is 0 Å². The van der Waals surface area contributed by atoms with Gasteiger partial charge in [0.15, 0.2) is 23.2 Å². The topological polar surface area (TPSA) is 151 Å². The molecule has 4 heterocycles. The van der Waals surface area contributed by atoms with Crippen LogP contribution in [0.2, 0.25) is 0 Å². The molecule has 0 bridgehead atoms. The lowest BCUT2D eigenvalue weighted by molar-refractivity contribution is -0.671. The van der Waals surface area contributed by atoms with E-state index in [9.17, 15) is 23.9 Å². The number of aliphatic carboxylic acids is 1. The fourth-order valence-corrected chi connectivity index (χ4v) is 6.34. The highest BCUT2D eigenvalue weighted by molar-refractivity contribution is 8.06. The number of alkyl halides is 1. The number of anilines is 1. The maximum Gasteiger partial charge on any atom is 0.353 e. The largest absolute Gasteiger partial charge is 0.477 e. The van der Waals surface area contributed by atoms with Gasteiger partial charge in [0.25, 0.3) is 18.7 Å². The minimum Gasteiger partial charge on any atom is -0.477 e. The summed E-state index contributed by atoms with van der Waals surface area (Å²) >= 11 is 3.86. The summed E-state index contributed by atoms with van der Waals surface area (Å²) in [6.45, 7) is -1.26. The molecule has 0 spiro atoms. The van der Waals surface area contributed by atoms with Gasteiger partial charge < -0.3 is 21.0 Å². The van der Waals surface area contributed by atoms with Crippen molar-refractivity contribution in [3.05, 3.63) is 46.2 Å². The van der Waals surface area contributed by atoms with Crippen molar-refractivity contribution >= 4 is 63.5 Å². The molecule has 2 amide bonds. The van der Waals surface area contributed by atoms with Crippen LogP contribution in [0.5, 0.6) is 0 Å². The van der Waals surface area contributed by atoms with E-state index in [1.54, 1.807) is 0 Å². The Morgan fingerprint density at radius 1 is 1.46 bits per heavy atom. The average Bonchev–Trinajstić information content (AvgIpc) is 3.27. The van der Waals surface area contributed by atoms with Crippen LogP contribution in [0.25, 0.3) is 0 Å². The van der Waals surface area contributed by atoms with Gasteiger partial charge in [-0.05, 0) is 0 Å². The Balaban J connectivity index is 1.48. The van der Waals surface area contributed by atoms with Crippen molar-refractivity contribution in [2.75, 3.05) is 24.1 Å². The zero-order chi connectivity index (χ0) is 25.1. The molecular weight excluding hydrogens is 519 g/mol. The highest BCUT2D eigenvalue weighted by atomic mass is 32.2. The molecule has 35 heavy (non-hydrogen) atoms. The predicted octanol–water partition coefficient (Wildman–Crippen LogP) is 0.728. The number of hydrogen-bond acceptors (Lipinski definition) is 10. The summed E-state index contributed by atoms with van der Waals surface area (Å²) in [5.41, 5.74) is 5.24. The second-order valence-electron chi connectivity index (χ2n) is 7.35. The first-order chi connectivity index (χ1) is 16.8. The molecule has 184 valence electrons. The fourth-order valence-electron chi connectivity index (χ4n) is 3.50. The molecule has 11 nitrogen and oxygen atoms in total. The van der Waals surface area contributed by atoms with Gasteiger partial charge >= 0.3 is 5.97 Å². The number of carbonyl (C=O) groups excluding carboxylic acids is 2. The number of aromatic nitrogens is 2. The van der Waals surface area contributed by atoms with E-state index < -0.39 is 36.7 Å². The number of nitrogens with two attached hydrogens (primary N) is 1. The molecule has 1 fully saturated rings. The van der Waals surface area contributed by atoms with Crippen LogP contribution in [0.3, 0.4) is 0 Å². The van der Waals surface area contributed by atoms with Crippen molar-refractivity contribution in [1.82, 2.24) is 15.2 Å². The van der Waals surface area contributed by atoms with Crippen molar-refractivity contribution in [1.29, 1.82) is 0 Å². The molecule has 2 atom stereocenters. The molecule has 2 aliphatic rings. The van der Waals surface area contributed by atoms with Crippen LogP contribution in [0.1, 0.15) is 5.69 Å². The third-order valence-electron chi connectivity index (χ3n) is 5.14. The first-order valence-corrected chi connectivity index (χ1v) is 12.9. The van der Waals surface area contributed by atoms with E-state index in [2.05, 4.69) is 20.3 Å². The zero-order valence-corrected chi connectivity index (χ0v) is 20.7. The lowest BCUT2D eigenvalue weighted by Crippen LogP contribution is -2.73. The van der Waals surface area contributed by atoms with Crippen LogP contribution in [-0.4, -0.2) is 68.9 Å². The molecule has 4 N–H and O–H groups in total. The molecule has 4 rings (SSSR count). The lowest BCUT2D eigenvalue weighted by Gasteiger charge is -2.49. The molecule has 1 saturated heterocycles. The number of halogens is 1. The number of aryl methyl sites for hydroxylation is 1. The van der Waals surface area contributed by atoms with Gasteiger partial charge in [0.05, 0.1) is 6.04 Å². The molecule has 0 aliphatic carbocycles. The molecule has 0 saturated carbocycles. The molecule has 0 unspecified atom stereocenters. The quantitative estimate of drug-likeness (QED) is 0.138. The first kappa shape index (κ1) is 24.9. The van der Waals surface area contributed by atoms with E-state index in [0.717, 1.165) is 16.2 Å². The van der Waals surface area contributed by atoms with Crippen LogP contribution < -0.4 is 15.6 Å². The molecule has 0 radical (unpaired) electrons. The number of carboxylic acids is 1. The number of amides is 2. The smallest absolute Gasteiger partial charge is 0.353 e. The van der Waals surface area contributed by atoms with Gasteiger partial charge in [-0.1, -0.05) is 5.16 Å². The number of fused-ring (bicyclic) bond motifs is 1. The summed E-state index contributed by atoms with van der Waals surface area (Å²) in [5, 5.41) is 17.5. The van der Waals surface area contributed by atoms with Crippen LogP contribution in [0, 0.1) is 0 Å². The van der Waals surface area contributed by atoms with E-state index in [4.69, 9.17) is 5.73 Å². The average molecular weight is 540 g/mol. The number of β-lactam (4-membered cyclic amide) rings is 1. The second-order valence-corrected chi connectivity index (χ2v) is 10.4. The Labute approximate surface area is 211 Å². The summed E-state index contributed by atoms with van der Waals surface area (Å²) < 4.78 is 14.4. The van der Waals surface area contributed by atoms with Gasteiger partial charge in [0.1, 0.15) is 24.5 Å². The summed E-state index contributed by atoms with van der Waals surface area (Å²) in [6.07, 6.45) is 3.78. The van der Waals surface area contributed by atoms with E-state index in [0.29, 0.717) is 16.4 Å². The zero-order valence-electron chi connectivity index (χ0n) is 18.2. The minimum atomic E-state index is -1.26. The first-order valence-electron chi connectivity index (χ1n) is 10.1. The fraction of sp³-hybridized carbons (Fsp3) is 0.300. The molecule has 15 heteroatoms. The van der Waals surface area contributed by atoms with Gasteiger partial charge in [0.2, 0.25) is 0 Å². The second kappa shape index (κ2) is 10.6. The minimum absolute atomic E-state index is 0.0695. The molecule has 2 aromatic heterocycles. The number of thiazole rings is 1. The molecule has 2 aromatic rings. The van der Waals surface area contributed by atoms with Crippen molar-refractivity contribution in [3.8, 4) is 0 Å². The van der Waals surface area contributed by atoms with E-state index in [1.807, 2.05) is 36.1 Å². The summed E-state index contributed by atoms with van der Waals surface area (Å²) in [7, 11) is 1.90. The third-order valence-corrected chi connectivity index (χ3v) is 8.23. The van der Waals surface area contributed by atoms with Crippen molar-refractivity contribution in [2.24, 2.45) is 12.2 Å². The van der Waals surface area contributed by atoms with E-state index in [-0.39, 0.29) is 22.2 Å². The number of carbonyl (C=O) groups is 3. The van der Waals surface area contributed by atoms with E-state index >= 15 is 0 Å². The highest BCUT2D eigenvalue weighted by Gasteiger charge is 2.54. The summed E-state index contributed by atoms with van der Waals surface area (Å²) in [4.78, 5) is 48.8. The van der Waals surface area contributed by atoms with E-state index in [1.165, 1.54) is 33.8 Å². The molecule has 2 aliphatic heterocycles.